The Bertz CT molecular complexity index is 624. The van der Waals surface area contributed by atoms with Gasteiger partial charge in [-0.05, 0) is 38.3 Å². The van der Waals surface area contributed by atoms with Crippen LogP contribution in [0.15, 0.2) is 18.2 Å². The van der Waals surface area contributed by atoms with Crippen LogP contribution >= 0.6 is 0 Å². The number of hydrogen-bond donors (Lipinski definition) is 2. The number of aryl methyl sites for hydroxylation is 4. The minimum absolute atomic E-state index is 0.0287. The van der Waals surface area contributed by atoms with E-state index in [4.69, 9.17) is 4.74 Å². The summed E-state index contributed by atoms with van der Waals surface area (Å²) in [6, 6.07) is 5.91. The topological polar surface area (TPSA) is 67.0 Å². The van der Waals surface area contributed by atoms with Crippen molar-refractivity contribution in [1.29, 1.82) is 0 Å². The van der Waals surface area contributed by atoms with E-state index in [9.17, 15) is 4.79 Å². The molecule has 0 aliphatic heterocycles. The van der Waals surface area contributed by atoms with Crippen LogP contribution in [0.2, 0.25) is 0 Å². The number of nitrogens with zero attached hydrogens (tertiary/aromatic N) is 1. The average Bonchev–Trinajstić information content (AvgIpc) is 2.85. The first-order valence-corrected chi connectivity index (χ1v) is 7.04. The maximum Gasteiger partial charge on any atom is 0.263 e. The van der Waals surface area contributed by atoms with Crippen molar-refractivity contribution in [2.75, 3.05) is 11.9 Å². The molecule has 2 N–H and O–H groups in total. The van der Waals surface area contributed by atoms with Crippen molar-refractivity contribution >= 4 is 11.7 Å². The zero-order valence-electron chi connectivity index (χ0n) is 12.9. The fraction of sp³-hybridized carbons (Fsp3) is 0.375. The predicted molar refractivity (Wildman–Crippen MR) is 82.7 cm³/mol. The molecule has 0 aliphatic rings. The second kappa shape index (κ2) is 6.43. The van der Waals surface area contributed by atoms with Gasteiger partial charge in [-0.25, -0.2) is 0 Å². The molecule has 0 atom stereocenters. The smallest absolute Gasteiger partial charge is 0.263 e. The zero-order chi connectivity index (χ0) is 15.4. The Morgan fingerprint density at radius 3 is 2.48 bits per heavy atom. The molecule has 5 nitrogen and oxygen atoms in total. The Kier molecular flexibility index (Phi) is 4.62. The Balaban J connectivity index is 1.95. The summed E-state index contributed by atoms with van der Waals surface area (Å²) in [6.45, 7) is 7.99. The minimum atomic E-state index is -0.219. The quantitative estimate of drug-likeness (QED) is 0.888. The van der Waals surface area contributed by atoms with Crippen LogP contribution in [-0.4, -0.2) is 22.7 Å². The summed E-state index contributed by atoms with van der Waals surface area (Å²) < 4.78 is 5.64. The van der Waals surface area contributed by atoms with E-state index in [0.717, 1.165) is 29.0 Å². The maximum atomic E-state index is 11.9. The molecule has 1 aromatic carbocycles. The number of carbonyl (C=O) groups excluding carboxylic acids is 1. The van der Waals surface area contributed by atoms with Crippen LogP contribution in [0.1, 0.15) is 29.3 Å². The van der Waals surface area contributed by atoms with Crippen molar-refractivity contribution in [2.45, 2.75) is 34.1 Å². The number of aromatic nitrogens is 2. The van der Waals surface area contributed by atoms with Gasteiger partial charge in [0.15, 0.2) is 12.4 Å². The van der Waals surface area contributed by atoms with Crippen LogP contribution in [0.25, 0.3) is 0 Å². The number of ether oxygens (including phenoxy) is 1. The number of nitrogens with one attached hydrogen (secondary N) is 2. The number of H-pyrrole nitrogens is 1. The molecule has 0 aliphatic carbocycles. The van der Waals surface area contributed by atoms with Gasteiger partial charge in [-0.1, -0.05) is 24.6 Å². The molecule has 2 aromatic rings. The highest BCUT2D eigenvalue weighted by atomic mass is 16.5. The monoisotopic (exact) mass is 287 g/mol. The lowest BCUT2D eigenvalue weighted by atomic mass is 10.1. The van der Waals surface area contributed by atoms with Gasteiger partial charge in [0.1, 0.15) is 5.75 Å². The van der Waals surface area contributed by atoms with Crippen molar-refractivity contribution < 1.29 is 9.53 Å². The van der Waals surface area contributed by atoms with Crippen molar-refractivity contribution in [2.24, 2.45) is 0 Å². The van der Waals surface area contributed by atoms with Gasteiger partial charge in [-0.3, -0.25) is 9.89 Å². The lowest BCUT2D eigenvalue weighted by Gasteiger charge is -2.12. The standard InChI is InChI=1S/C16H21N3O2/c1-5-13-8-14(19-18-13)17-15(20)9-21-16-11(3)6-10(2)7-12(16)4/h6-8H,5,9H2,1-4H3,(H2,17,18,19,20). The first-order valence-electron chi connectivity index (χ1n) is 7.04. The van der Waals surface area contributed by atoms with Crippen LogP contribution in [0.4, 0.5) is 5.82 Å². The number of hydrogen-bond acceptors (Lipinski definition) is 3. The Morgan fingerprint density at radius 2 is 1.90 bits per heavy atom. The van der Waals surface area contributed by atoms with E-state index >= 15 is 0 Å². The highest BCUT2D eigenvalue weighted by Gasteiger charge is 2.10. The highest BCUT2D eigenvalue weighted by molar-refractivity contribution is 5.91. The number of rotatable bonds is 5. The van der Waals surface area contributed by atoms with Gasteiger partial charge in [0.05, 0.1) is 0 Å². The third kappa shape index (κ3) is 3.84. The molecule has 0 radical (unpaired) electrons. The predicted octanol–water partition coefficient (Wildman–Crippen LogP) is 2.91. The van der Waals surface area contributed by atoms with E-state index < -0.39 is 0 Å². The van der Waals surface area contributed by atoms with Crippen LogP contribution < -0.4 is 10.1 Å². The summed E-state index contributed by atoms with van der Waals surface area (Å²) in [5, 5.41) is 9.58. The van der Waals surface area contributed by atoms with Crippen molar-refractivity contribution in [1.82, 2.24) is 10.2 Å². The Labute approximate surface area is 124 Å². The number of benzene rings is 1. The summed E-state index contributed by atoms with van der Waals surface area (Å²) in [5.74, 6) is 1.08. The van der Waals surface area contributed by atoms with E-state index in [1.54, 1.807) is 0 Å². The molecule has 1 heterocycles. The molecule has 1 aromatic heterocycles. The summed E-state index contributed by atoms with van der Waals surface area (Å²) in [4.78, 5) is 11.9. The molecule has 5 heteroatoms. The normalized spacial score (nSPS) is 10.5. The van der Waals surface area contributed by atoms with Crippen LogP contribution in [0, 0.1) is 20.8 Å². The van der Waals surface area contributed by atoms with Gasteiger partial charge in [-0.15, -0.1) is 0 Å². The molecular weight excluding hydrogens is 266 g/mol. The fourth-order valence-electron chi connectivity index (χ4n) is 2.32. The highest BCUT2D eigenvalue weighted by Crippen LogP contribution is 2.24. The first kappa shape index (κ1) is 15.1. The second-order valence-corrected chi connectivity index (χ2v) is 5.20. The van der Waals surface area contributed by atoms with Gasteiger partial charge in [-0.2, -0.15) is 5.10 Å². The van der Waals surface area contributed by atoms with Gasteiger partial charge in [0.25, 0.3) is 5.91 Å². The molecule has 2 rings (SSSR count). The first-order chi connectivity index (χ1) is 9.99. The summed E-state index contributed by atoms with van der Waals surface area (Å²) in [7, 11) is 0. The summed E-state index contributed by atoms with van der Waals surface area (Å²) in [5.41, 5.74) is 4.24. The van der Waals surface area contributed by atoms with Gasteiger partial charge in [0.2, 0.25) is 0 Å². The molecule has 0 fully saturated rings. The van der Waals surface area contributed by atoms with Crippen molar-refractivity contribution in [3.63, 3.8) is 0 Å². The van der Waals surface area contributed by atoms with Crippen molar-refractivity contribution in [3.05, 3.63) is 40.6 Å². The molecule has 0 unspecified atom stereocenters. The van der Waals surface area contributed by atoms with Crippen molar-refractivity contribution in [3.8, 4) is 5.75 Å². The van der Waals surface area contributed by atoms with Gasteiger partial charge in [0, 0.05) is 11.8 Å². The molecule has 0 bridgehead atoms. The lowest BCUT2D eigenvalue weighted by molar-refractivity contribution is -0.118. The van der Waals surface area contributed by atoms with E-state index in [1.165, 1.54) is 5.56 Å². The largest absolute Gasteiger partial charge is 0.483 e. The third-order valence-electron chi connectivity index (χ3n) is 3.23. The van der Waals surface area contributed by atoms with E-state index in [-0.39, 0.29) is 12.5 Å². The second-order valence-electron chi connectivity index (χ2n) is 5.20. The third-order valence-corrected chi connectivity index (χ3v) is 3.23. The Hall–Kier alpha value is -2.30. The molecule has 1 amide bonds. The summed E-state index contributed by atoms with van der Waals surface area (Å²) >= 11 is 0. The number of amides is 1. The molecule has 0 saturated carbocycles. The zero-order valence-corrected chi connectivity index (χ0v) is 12.9. The van der Waals surface area contributed by atoms with Crippen LogP contribution in [0.5, 0.6) is 5.75 Å². The average molecular weight is 287 g/mol. The van der Waals surface area contributed by atoms with Crippen LogP contribution in [-0.2, 0) is 11.2 Å². The van der Waals surface area contributed by atoms with E-state index in [0.29, 0.717) is 5.82 Å². The molecule has 21 heavy (non-hydrogen) atoms. The molecular formula is C16H21N3O2. The summed E-state index contributed by atoms with van der Waals surface area (Å²) in [6.07, 6.45) is 0.848. The van der Waals surface area contributed by atoms with Crippen LogP contribution in [0.3, 0.4) is 0 Å². The maximum absolute atomic E-state index is 11.9. The van der Waals surface area contributed by atoms with E-state index in [1.807, 2.05) is 45.9 Å². The molecule has 0 spiro atoms. The lowest BCUT2D eigenvalue weighted by Crippen LogP contribution is -2.21. The van der Waals surface area contributed by atoms with Gasteiger partial charge >= 0.3 is 0 Å². The Morgan fingerprint density at radius 1 is 1.24 bits per heavy atom. The fourth-order valence-corrected chi connectivity index (χ4v) is 2.32. The minimum Gasteiger partial charge on any atom is -0.483 e. The number of carbonyl (C=O) groups is 1. The number of anilines is 1. The SMILES string of the molecule is CCc1cc(NC(=O)COc2c(C)cc(C)cc2C)n[nH]1. The van der Waals surface area contributed by atoms with Gasteiger partial charge < -0.3 is 10.1 Å². The molecule has 0 saturated heterocycles. The molecule has 112 valence electrons. The van der Waals surface area contributed by atoms with E-state index in [2.05, 4.69) is 15.5 Å². The number of aromatic amines is 1.